The van der Waals surface area contributed by atoms with Crippen LogP contribution in [0.1, 0.15) is 26.0 Å². The van der Waals surface area contributed by atoms with E-state index in [1.807, 2.05) is 13.0 Å². The van der Waals surface area contributed by atoms with Gasteiger partial charge in [-0.1, -0.05) is 0 Å². The van der Waals surface area contributed by atoms with Crippen LogP contribution >= 0.6 is 0 Å². The highest BCUT2D eigenvalue weighted by molar-refractivity contribution is 5.90. The van der Waals surface area contributed by atoms with Crippen LogP contribution in [-0.4, -0.2) is 72.1 Å². The first-order valence-corrected chi connectivity index (χ1v) is 12.1. The van der Waals surface area contributed by atoms with Crippen LogP contribution in [0, 0.1) is 6.92 Å². The van der Waals surface area contributed by atoms with Crippen molar-refractivity contribution in [2.75, 3.05) is 44.6 Å². The Morgan fingerprint density at radius 1 is 1.15 bits per heavy atom. The Hall–Kier alpha value is -4.16. The SMILES string of the molecule is COC.Cc1ncc(NC(=O)NCCC(C)(C)F)cc1-c1cc(OCCO)nc(-c2ccnc(NC=O)c2)c1. The van der Waals surface area contributed by atoms with Gasteiger partial charge in [0.2, 0.25) is 12.3 Å². The Bertz CT molecular complexity index is 1240. The highest BCUT2D eigenvalue weighted by Gasteiger charge is 2.16. The molecule has 0 spiro atoms. The summed E-state index contributed by atoms with van der Waals surface area (Å²) in [4.78, 5) is 36.1. The summed E-state index contributed by atoms with van der Waals surface area (Å²) in [6, 6.07) is 8.24. The van der Waals surface area contributed by atoms with E-state index < -0.39 is 11.7 Å². The number of halogens is 1. The Kier molecular flexibility index (Phi) is 12.2. The van der Waals surface area contributed by atoms with Crippen LogP contribution in [0.2, 0.25) is 0 Å². The maximum absolute atomic E-state index is 13.6. The van der Waals surface area contributed by atoms with Gasteiger partial charge < -0.3 is 30.5 Å². The molecule has 3 aromatic heterocycles. The first-order valence-electron chi connectivity index (χ1n) is 12.1. The second-order valence-electron chi connectivity index (χ2n) is 8.96. The van der Waals surface area contributed by atoms with Crippen molar-refractivity contribution in [2.24, 2.45) is 0 Å². The molecule has 11 nitrogen and oxygen atoms in total. The van der Waals surface area contributed by atoms with Crippen molar-refractivity contribution in [3.05, 3.63) is 48.4 Å². The predicted molar refractivity (Wildman–Crippen MR) is 147 cm³/mol. The largest absolute Gasteiger partial charge is 0.475 e. The number of nitrogens with zero attached hydrogens (tertiary/aromatic N) is 3. The molecule has 0 aromatic carbocycles. The average Bonchev–Trinajstić information content (AvgIpc) is 2.88. The van der Waals surface area contributed by atoms with Gasteiger partial charge >= 0.3 is 6.03 Å². The molecule has 0 saturated carbocycles. The highest BCUT2D eigenvalue weighted by atomic mass is 19.1. The van der Waals surface area contributed by atoms with Crippen molar-refractivity contribution in [1.29, 1.82) is 0 Å². The predicted octanol–water partition coefficient (Wildman–Crippen LogP) is 3.98. The van der Waals surface area contributed by atoms with Gasteiger partial charge in [0.15, 0.2) is 0 Å². The fourth-order valence-corrected chi connectivity index (χ4v) is 3.30. The lowest BCUT2D eigenvalue weighted by Crippen LogP contribution is -2.32. The maximum Gasteiger partial charge on any atom is 0.319 e. The minimum Gasteiger partial charge on any atom is -0.475 e. The number of urea groups is 1. The molecule has 0 radical (unpaired) electrons. The van der Waals surface area contributed by atoms with Crippen LogP contribution in [0.25, 0.3) is 22.4 Å². The number of aliphatic hydroxyl groups excluding tert-OH is 1. The third-order valence-electron chi connectivity index (χ3n) is 5.07. The summed E-state index contributed by atoms with van der Waals surface area (Å²) in [6.45, 7) is 4.80. The molecule has 0 aliphatic rings. The lowest BCUT2D eigenvalue weighted by atomic mass is 10.0. The monoisotopic (exact) mass is 542 g/mol. The molecule has 3 aromatic rings. The second kappa shape index (κ2) is 15.3. The Morgan fingerprint density at radius 2 is 1.90 bits per heavy atom. The molecule has 0 aliphatic carbocycles. The summed E-state index contributed by atoms with van der Waals surface area (Å²) in [5.41, 5.74) is 2.42. The number of anilines is 2. The first-order chi connectivity index (χ1) is 18.6. The molecule has 210 valence electrons. The van der Waals surface area contributed by atoms with Gasteiger partial charge in [-0.3, -0.25) is 9.78 Å². The quantitative estimate of drug-likeness (QED) is 0.266. The van der Waals surface area contributed by atoms with Gasteiger partial charge in [-0.05, 0) is 57.0 Å². The van der Waals surface area contributed by atoms with E-state index in [0.717, 1.165) is 5.56 Å². The standard InChI is InChI=1S/C25H29FN6O4.C2H6O/c1-16-20(13-19(14-29-16)31-24(35)28-7-5-25(2,3)26)18-10-21(32-23(12-18)36-9-8-33)17-4-6-27-22(11-17)30-15-34;1-3-2/h4,6,10-15,33H,5,7-9H2,1-3H3,(H,27,30,34)(H2,28,31,35);1-2H3. The van der Waals surface area contributed by atoms with E-state index in [9.17, 15) is 19.1 Å². The smallest absolute Gasteiger partial charge is 0.319 e. The van der Waals surface area contributed by atoms with Crippen LogP contribution in [0.4, 0.5) is 20.7 Å². The van der Waals surface area contributed by atoms with Crippen molar-refractivity contribution >= 4 is 23.9 Å². The van der Waals surface area contributed by atoms with E-state index in [1.165, 1.54) is 20.0 Å². The van der Waals surface area contributed by atoms with Crippen LogP contribution in [0.5, 0.6) is 5.88 Å². The Morgan fingerprint density at radius 3 is 2.56 bits per heavy atom. The topological polar surface area (TPSA) is 148 Å². The summed E-state index contributed by atoms with van der Waals surface area (Å²) in [5.74, 6) is 0.640. The molecule has 0 bridgehead atoms. The van der Waals surface area contributed by atoms with E-state index in [-0.39, 0.29) is 32.1 Å². The number of nitrogens with one attached hydrogen (secondary N) is 3. The minimum absolute atomic E-state index is 0.0544. The number of methoxy groups -OCH3 is 1. The van der Waals surface area contributed by atoms with Gasteiger partial charge in [-0.2, -0.15) is 0 Å². The molecule has 0 fully saturated rings. The number of aromatic nitrogens is 3. The molecule has 3 heterocycles. The lowest BCUT2D eigenvalue weighted by molar-refractivity contribution is -0.105. The molecule has 12 heteroatoms. The molecule has 3 rings (SSSR count). The minimum atomic E-state index is -1.38. The average molecular weight is 543 g/mol. The van der Waals surface area contributed by atoms with Gasteiger partial charge in [0.1, 0.15) is 18.1 Å². The van der Waals surface area contributed by atoms with Crippen molar-refractivity contribution in [3.63, 3.8) is 0 Å². The molecule has 0 atom stereocenters. The molecule has 0 saturated heterocycles. The van der Waals surface area contributed by atoms with Crippen LogP contribution < -0.4 is 20.7 Å². The van der Waals surface area contributed by atoms with Crippen LogP contribution in [0.15, 0.2) is 42.7 Å². The lowest BCUT2D eigenvalue weighted by Gasteiger charge is -2.15. The number of rotatable bonds is 11. The Labute approximate surface area is 227 Å². The van der Waals surface area contributed by atoms with Crippen LogP contribution in [-0.2, 0) is 9.53 Å². The number of amides is 3. The second-order valence-corrected chi connectivity index (χ2v) is 8.96. The molecule has 3 amide bonds. The number of aliphatic hydroxyl groups is 1. The van der Waals surface area contributed by atoms with E-state index >= 15 is 0 Å². The number of aryl methyl sites for hydroxylation is 1. The number of carbonyl (C=O) groups excluding carboxylic acids is 2. The van der Waals surface area contributed by atoms with Crippen molar-refractivity contribution < 1.29 is 28.6 Å². The normalized spacial score (nSPS) is 10.6. The fourth-order valence-electron chi connectivity index (χ4n) is 3.30. The van der Waals surface area contributed by atoms with Gasteiger partial charge in [-0.15, -0.1) is 0 Å². The number of pyridine rings is 3. The summed E-state index contributed by atoms with van der Waals surface area (Å²) < 4.78 is 23.5. The van der Waals surface area contributed by atoms with Gasteiger partial charge in [0, 0.05) is 49.8 Å². The molecular weight excluding hydrogens is 507 g/mol. The van der Waals surface area contributed by atoms with E-state index in [0.29, 0.717) is 40.4 Å². The van der Waals surface area contributed by atoms with Gasteiger partial charge in [0.05, 0.1) is 24.2 Å². The maximum atomic E-state index is 13.6. The zero-order valence-electron chi connectivity index (χ0n) is 22.7. The van der Waals surface area contributed by atoms with Crippen LogP contribution in [0.3, 0.4) is 0 Å². The van der Waals surface area contributed by atoms with E-state index in [4.69, 9.17) is 4.74 Å². The van der Waals surface area contributed by atoms with Crippen molar-refractivity contribution in [2.45, 2.75) is 32.9 Å². The van der Waals surface area contributed by atoms with Gasteiger partial charge in [0.25, 0.3) is 0 Å². The Balaban J connectivity index is 0.00000170. The van der Waals surface area contributed by atoms with Gasteiger partial charge in [-0.25, -0.2) is 19.2 Å². The molecule has 39 heavy (non-hydrogen) atoms. The summed E-state index contributed by atoms with van der Waals surface area (Å²) in [7, 11) is 3.25. The zero-order valence-corrected chi connectivity index (χ0v) is 22.7. The molecular formula is C27H35FN6O5. The van der Waals surface area contributed by atoms with E-state index in [2.05, 4.69) is 35.6 Å². The number of ether oxygens (including phenoxy) is 2. The van der Waals surface area contributed by atoms with Crippen molar-refractivity contribution in [1.82, 2.24) is 20.3 Å². The van der Waals surface area contributed by atoms with E-state index in [1.54, 1.807) is 44.7 Å². The highest BCUT2D eigenvalue weighted by Crippen LogP contribution is 2.32. The first kappa shape index (κ1) is 31.1. The fraction of sp³-hybridized carbons (Fsp3) is 0.370. The molecule has 0 aliphatic heterocycles. The third kappa shape index (κ3) is 10.6. The number of carbonyl (C=O) groups is 2. The molecule has 4 N–H and O–H groups in total. The summed E-state index contributed by atoms with van der Waals surface area (Å²) in [6.07, 6.45) is 3.80. The third-order valence-corrected chi connectivity index (χ3v) is 5.07. The number of alkyl halides is 1. The molecule has 0 unspecified atom stereocenters. The number of hydrogen-bond acceptors (Lipinski definition) is 8. The summed E-state index contributed by atoms with van der Waals surface area (Å²) >= 11 is 0. The zero-order chi connectivity index (χ0) is 28.8. The number of hydrogen-bond donors (Lipinski definition) is 4. The van der Waals surface area contributed by atoms with Crippen molar-refractivity contribution in [3.8, 4) is 28.3 Å². The summed E-state index contributed by atoms with van der Waals surface area (Å²) in [5, 5.41) is 17.0.